The maximum absolute atomic E-state index is 12.2. The number of alkyl halides is 6. The van der Waals surface area contributed by atoms with Gasteiger partial charge in [0.15, 0.2) is 0 Å². The fourth-order valence-electron chi connectivity index (χ4n) is 0.992. The summed E-state index contributed by atoms with van der Waals surface area (Å²) in [6, 6.07) is 3.40. The Morgan fingerprint density at radius 1 is 0.867 bits per heavy atom. The smallest absolute Gasteiger partial charge is 0.170 e. The summed E-state index contributed by atoms with van der Waals surface area (Å²) in [6.45, 7) is 0. The summed E-state index contributed by atoms with van der Waals surface area (Å²) in [5, 5.41) is 0. The van der Waals surface area contributed by atoms with Crippen molar-refractivity contribution >= 4 is 0 Å². The molecule has 0 saturated heterocycles. The average molecular weight is 226 g/mol. The summed E-state index contributed by atoms with van der Waals surface area (Å²) in [5.41, 5.74) is -2.35. The summed E-state index contributed by atoms with van der Waals surface area (Å²) in [4.78, 5) is 0. The molecule has 0 fully saturated rings. The average Bonchev–Trinajstić information content (AvgIpc) is 1.99. The van der Waals surface area contributed by atoms with Crippen LogP contribution in [0.1, 0.15) is 11.1 Å². The third kappa shape index (κ3) is 3.45. The molecule has 0 aliphatic carbocycles. The lowest BCUT2D eigenvalue weighted by Crippen LogP contribution is -2.14. The molecule has 0 N–H and O–H groups in total. The minimum absolute atomic E-state index is 0.577. The van der Waals surface area contributed by atoms with Gasteiger partial charge in [-0.15, -0.1) is 0 Å². The number of halogens is 6. The lowest BCUT2D eigenvalue weighted by atomic mass is 10.0. The van der Waals surface area contributed by atoms with Crippen molar-refractivity contribution in [2.45, 2.75) is 12.4 Å². The molecule has 0 unspecified atom stereocenters. The van der Waals surface area contributed by atoms with Gasteiger partial charge in [0, 0.05) is 0 Å². The molecule has 0 heterocycles. The highest BCUT2D eigenvalue weighted by Gasteiger charge is 2.37. The molecule has 6 heteroatoms. The summed E-state index contributed by atoms with van der Waals surface area (Å²) < 4.78 is 72.1. The van der Waals surface area contributed by atoms with Gasteiger partial charge in [0.1, 0.15) is 6.42 Å². The number of rotatable bonds is 1. The lowest BCUT2D eigenvalue weighted by molar-refractivity contribution is -0.138. The summed E-state index contributed by atoms with van der Waals surface area (Å²) >= 11 is 0. The van der Waals surface area contributed by atoms with E-state index >= 15 is 0 Å². The second kappa shape index (κ2) is 3.75. The normalized spacial score (nSPS) is 12.9. The molecule has 0 bridgehead atoms. The molecular formula is C9H4F6. The van der Waals surface area contributed by atoms with Gasteiger partial charge in [-0.1, -0.05) is 18.2 Å². The number of hydrogen-bond acceptors (Lipinski definition) is 0. The monoisotopic (exact) mass is 226 g/mol. The van der Waals surface area contributed by atoms with Crippen LogP contribution in [0.3, 0.4) is 0 Å². The van der Waals surface area contributed by atoms with Crippen LogP contribution < -0.4 is 0 Å². The Kier molecular flexibility index (Phi) is 2.97. The van der Waals surface area contributed by atoms with Crippen LogP contribution in [-0.2, 0) is 6.18 Å². The SMILES string of the molecule is FC(F)(F)[C]c1ccccc1C(F)(F)F. The highest BCUT2D eigenvalue weighted by molar-refractivity contribution is 5.36. The molecule has 0 aromatic heterocycles. The van der Waals surface area contributed by atoms with E-state index in [0.29, 0.717) is 6.07 Å². The highest BCUT2D eigenvalue weighted by atomic mass is 19.4. The van der Waals surface area contributed by atoms with Gasteiger partial charge >= 0.3 is 12.4 Å². The van der Waals surface area contributed by atoms with E-state index in [-0.39, 0.29) is 0 Å². The van der Waals surface area contributed by atoms with Gasteiger partial charge in [0.2, 0.25) is 0 Å². The summed E-state index contributed by atoms with van der Waals surface area (Å²) in [6.07, 6.45) is -8.86. The molecule has 0 aliphatic heterocycles. The Balaban J connectivity index is 3.08. The summed E-state index contributed by atoms with van der Waals surface area (Å²) in [7, 11) is 0. The van der Waals surface area contributed by atoms with Crippen LogP contribution in [0.25, 0.3) is 0 Å². The van der Waals surface area contributed by atoms with Crippen LogP contribution in [-0.4, -0.2) is 6.18 Å². The molecule has 82 valence electrons. The zero-order chi connectivity index (χ0) is 11.7. The molecule has 1 rings (SSSR count). The molecule has 2 radical (unpaired) electrons. The van der Waals surface area contributed by atoms with Crippen molar-refractivity contribution in [2.24, 2.45) is 0 Å². The Hall–Kier alpha value is -1.20. The molecule has 15 heavy (non-hydrogen) atoms. The Labute approximate surface area is 81.5 Å². The fourth-order valence-corrected chi connectivity index (χ4v) is 0.992. The van der Waals surface area contributed by atoms with Crippen molar-refractivity contribution in [3.05, 3.63) is 41.8 Å². The van der Waals surface area contributed by atoms with Crippen molar-refractivity contribution in [3.8, 4) is 0 Å². The van der Waals surface area contributed by atoms with Crippen LogP contribution in [0.4, 0.5) is 26.3 Å². The third-order valence-electron chi connectivity index (χ3n) is 1.51. The molecule has 1 aromatic rings. The number of hydrogen-bond donors (Lipinski definition) is 0. The van der Waals surface area contributed by atoms with Gasteiger partial charge in [-0.3, -0.25) is 0 Å². The van der Waals surface area contributed by atoms with Crippen molar-refractivity contribution < 1.29 is 26.3 Å². The van der Waals surface area contributed by atoms with E-state index in [4.69, 9.17) is 0 Å². The van der Waals surface area contributed by atoms with E-state index in [1.165, 1.54) is 0 Å². The number of benzene rings is 1. The zero-order valence-electron chi connectivity index (χ0n) is 7.08. The molecule has 1 aromatic carbocycles. The third-order valence-corrected chi connectivity index (χ3v) is 1.51. The predicted molar refractivity (Wildman–Crippen MR) is 39.8 cm³/mol. The molecular weight excluding hydrogens is 222 g/mol. The van der Waals surface area contributed by atoms with Crippen LogP contribution in [0.15, 0.2) is 24.3 Å². The van der Waals surface area contributed by atoms with Crippen molar-refractivity contribution in [2.75, 3.05) is 0 Å². The van der Waals surface area contributed by atoms with E-state index < -0.39 is 23.5 Å². The molecule has 0 spiro atoms. The maximum atomic E-state index is 12.2. The molecule has 0 amide bonds. The van der Waals surface area contributed by atoms with Gasteiger partial charge in [-0.05, 0) is 11.6 Å². The Morgan fingerprint density at radius 2 is 1.40 bits per heavy atom. The van der Waals surface area contributed by atoms with E-state index in [9.17, 15) is 26.3 Å². The van der Waals surface area contributed by atoms with Crippen LogP contribution in [0.5, 0.6) is 0 Å². The van der Waals surface area contributed by atoms with E-state index in [0.717, 1.165) is 24.6 Å². The standard InChI is InChI=1S/C9H4F6/c10-8(11,12)5-6-3-1-2-4-7(6)9(13,14)15/h1-4H. The van der Waals surface area contributed by atoms with Gasteiger partial charge < -0.3 is 0 Å². The first-order valence-electron chi connectivity index (χ1n) is 3.71. The Bertz CT molecular complexity index is 335. The molecule has 0 nitrogen and oxygen atoms in total. The largest absolute Gasteiger partial charge is 0.416 e. The van der Waals surface area contributed by atoms with Gasteiger partial charge in [-0.2, -0.15) is 26.3 Å². The van der Waals surface area contributed by atoms with Gasteiger partial charge in [0.05, 0.1) is 5.56 Å². The fraction of sp³-hybridized carbons (Fsp3) is 0.222. The first-order chi connectivity index (χ1) is 6.70. The Morgan fingerprint density at radius 3 is 1.87 bits per heavy atom. The zero-order valence-corrected chi connectivity index (χ0v) is 7.08. The van der Waals surface area contributed by atoms with Crippen molar-refractivity contribution in [1.82, 2.24) is 0 Å². The van der Waals surface area contributed by atoms with Crippen LogP contribution in [0.2, 0.25) is 0 Å². The molecule has 0 aliphatic rings. The second-order valence-electron chi connectivity index (χ2n) is 2.67. The first-order valence-corrected chi connectivity index (χ1v) is 3.71. The highest BCUT2D eigenvalue weighted by Crippen LogP contribution is 2.35. The summed E-state index contributed by atoms with van der Waals surface area (Å²) in [5.74, 6) is 0. The van der Waals surface area contributed by atoms with E-state index in [1.807, 2.05) is 0 Å². The van der Waals surface area contributed by atoms with Crippen molar-refractivity contribution in [1.29, 1.82) is 0 Å². The minimum atomic E-state index is -4.89. The van der Waals surface area contributed by atoms with Crippen LogP contribution in [0, 0.1) is 6.42 Å². The van der Waals surface area contributed by atoms with Crippen LogP contribution >= 0.6 is 0 Å². The van der Waals surface area contributed by atoms with E-state index in [2.05, 4.69) is 0 Å². The van der Waals surface area contributed by atoms with Crippen molar-refractivity contribution in [3.63, 3.8) is 0 Å². The predicted octanol–water partition coefficient (Wildman–Crippen LogP) is 3.70. The van der Waals surface area contributed by atoms with E-state index in [1.54, 1.807) is 0 Å². The minimum Gasteiger partial charge on any atom is -0.170 e. The topological polar surface area (TPSA) is 0 Å². The quantitative estimate of drug-likeness (QED) is 0.640. The lowest BCUT2D eigenvalue weighted by Gasteiger charge is -2.12. The van der Waals surface area contributed by atoms with Gasteiger partial charge in [-0.25, -0.2) is 0 Å². The van der Waals surface area contributed by atoms with Gasteiger partial charge in [0.25, 0.3) is 0 Å². The second-order valence-corrected chi connectivity index (χ2v) is 2.67. The molecule has 0 atom stereocenters. The molecule has 0 saturated carbocycles. The maximum Gasteiger partial charge on any atom is 0.416 e. The first kappa shape index (κ1) is 11.9.